The molecule has 6 heteroatoms. The third-order valence-corrected chi connectivity index (χ3v) is 4.43. The molecule has 21 heavy (non-hydrogen) atoms. The SMILES string of the molecule is O=C1NCCn2c1cc1cnc(NC3CCCCC3)nc12. The van der Waals surface area contributed by atoms with Crippen molar-refractivity contribution in [2.75, 3.05) is 11.9 Å². The number of hydrogen-bond donors (Lipinski definition) is 2. The van der Waals surface area contributed by atoms with E-state index in [9.17, 15) is 4.79 Å². The third kappa shape index (κ3) is 2.24. The summed E-state index contributed by atoms with van der Waals surface area (Å²) in [6.07, 6.45) is 8.08. The van der Waals surface area contributed by atoms with E-state index in [1.165, 1.54) is 32.1 Å². The lowest BCUT2D eigenvalue weighted by atomic mass is 9.96. The summed E-state index contributed by atoms with van der Waals surface area (Å²) in [6.45, 7) is 1.43. The molecule has 2 aromatic rings. The highest BCUT2D eigenvalue weighted by Gasteiger charge is 2.21. The lowest BCUT2D eigenvalue weighted by Gasteiger charge is -2.22. The van der Waals surface area contributed by atoms with Crippen molar-refractivity contribution in [3.63, 3.8) is 0 Å². The fourth-order valence-electron chi connectivity index (χ4n) is 3.32. The van der Waals surface area contributed by atoms with Crippen molar-refractivity contribution in [2.24, 2.45) is 0 Å². The van der Waals surface area contributed by atoms with Crippen molar-refractivity contribution in [1.82, 2.24) is 19.9 Å². The summed E-state index contributed by atoms with van der Waals surface area (Å²) in [4.78, 5) is 20.9. The molecule has 0 unspecified atom stereocenters. The van der Waals surface area contributed by atoms with Crippen LogP contribution in [0.1, 0.15) is 42.6 Å². The van der Waals surface area contributed by atoms with Crippen LogP contribution >= 0.6 is 0 Å². The van der Waals surface area contributed by atoms with E-state index < -0.39 is 0 Å². The van der Waals surface area contributed by atoms with Gasteiger partial charge in [0.15, 0.2) is 0 Å². The van der Waals surface area contributed by atoms with Gasteiger partial charge in [-0.2, -0.15) is 4.98 Å². The Morgan fingerprint density at radius 1 is 1.29 bits per heavy atom. The predicted molar refractivity (Wildman–Crippen MR) is 80.4 cm³/mol. The van der Waals surface area contributed by atoms with Crippen molar-refractivity contribution < 1.29 is 4.79 Å². The predicted octanol–water partition coefficient (Wildman–Crippen LogP) is 1.92. The Morgan fingerprint density at radius 2 is 2.14 bits per heavy atom. The molecule has 0 atom stereocenters. The van der Waals surface area contributed by atoms with Crippen molar-refractivity contribution in [3.8, 4) is 0 Å². The average molecular weight is 285 g/mol. The van der Waals surface area contributed by atoms with Crippen LogP contribution in [0.25, 0.3) is 11.0 Å². The van der Waals surface area contributed by atoms with Crippen LogP contribution in [-0.2, 0) is 6.54 Å². The molecular weight excluding hydrogens is 266 g/mol. The second kappa shape index (κ2) is 5.02. The molecule has 110 valence electrons. The van der Waals surface area contributed by atoms with Gasteiger partial charge in [-0.3, -0.25) is 4.79 Å². The molecule has 1 amide bonds. The average Bonchev–Trinajstić information content (AvgIpc) is 2.88. The molecule has 4 rings (SSSR count). The number of nitrogens with one attached hydrogen (secondary N) is 2. The first kappa shape index (κ1) is 12.6. The van der Waals surface area contributed by atoms with Crippen LogP contribution in [0.2, 0.25) is 0 Å². The zero-order chi connectivity index (χ0) is 14.2. The van der Waals surface area contributed by atoms with E-state index in [0.717, 1.165) is 17.6 Å². The molecule has 0 saturated heterocycles. The highest BCUT2D eigenvalue weighted by atomic mass is 16.2. The van der Waals surface area contributed by atoms with E-state index in [-0.39, 0.29) is 5.91 Å². The highest BCUT2D eigenvalue weighted by molar-refractivity contribution is 5.98. The number of anilines is 1. The highest BCUT2D eigenvalue weighted by Crippen LogP contribution is 2.23. The number of amides is 1. The minimum Gasteiger partial charge on any atom is -0.351 e. The fourth-order valence-corrected chi connectivity index (χ4v) is 3.32. The largest absolute Gasteiger partial charge is 0.351 e. The molecule has 6 nitrogen and oxygen atoms in total. The van der Waals surface area contributed by atoms with Crippen molar-refractivity contribution in [2.45, 2.75) is 44.7 Å². The Bertz CT molecular complexity index is 687. The van der Waals surface area contributed by atoms with E-state index in [0.29, 0.717) is 24.2 Å². The van der Waals surface area contributed by atoms with E-state index in [2.05, 4.69) is 20.6 Å². The number of aromatic nitrogens is 3. The van der Waals surface area contributed by atoms with Crippen LogP contribution in [0.15, 0.2) is 12.3 Å². The summed E-state index contributed by atoms with van der Waals surface area (Å²) in [7, 11) is 0. The zero-order valence-corrected chi connectivity index (χ0v) is 11.9. The zero-order valence-electron chi connectivity index (χ0n) is 11.9. The Balaban J connectivity index is 1.67. The molecule has 2 aromatic heterocycles. The summed E-state index contributed by atoms with van der Waals surface area (Å²) >= 11 is 0. The molecule has 0 spiro atoms. The maximum atomic E-state index is 11.9. The van der Waals surface area contributed by atoms with Gasteiger partial charge in [-0.1, -0.05) is 19.3 Å². The molecule has 2 N–H and O–H groups in total. The van der Waals surface area contributed by atoms with Gasteiger partial charge in [0.2, 0.25) is 5.95 Å². The topological polar surface area (TPSA) is 71.8 Å². The number of nitrogens with zero attached hydrogens (tertiary/aromatic N) is 3. The summed E-state index contributed by atoms with van der Waals surface area (Å²) in [5.41, 5.74) is 1.54. The van der Waals surface area contributed by atoms with Crippen molar-refractivity contribution >= 4 is 22.9 Å². The van der Waals surface area contributed by atoms with Gasteiger partial charge in [-0.15, -0.1) is 0 Å². The molecule has 0 bridgehead atoms. The summed E-state index contributed by atoms with van der Waals surface area (Å²) in [5, 5.41) is 7.23. The number of fused-ring (bicyclic) bond motifs is 3. The molecular formula is C15H19N5O. The fraction of sp³-hybridized carbons (Fsp3) is 0.533. The molecule has 0 aromatic carbocycles. The summed E-state index contributed by atoms with van der Waals surface area (Å²) in [5.74, 6) is 0.655. The van der Waals surface area contributed by atoms with Crippen LogP contribution < -0.4 is 10.6 Å². The van der Waals surface area contributed by atoms with Crippen LogP contribution in [0.3, 0.4) is 0 Å². The molecule has 3 heterocycles. The monoisotopic (exact) mass is 285 g/mol. The smallest absolute Gasteiger partial charge is 0.268 e. The maximum absolute atomic E-state index is 11.9. The normalized spacial score (nSPS) is 19.3. The van der Waals surface area contributed by atoms with Crippen LogP contribution in [0.4, 0.5) is 5.95 Å². The molecule has 2 aliphatic rings. The first-order valence-corrected chi connectivity index (χ1v) is 7.72. The lowest BCUT2D eigenvalue weighted by molar-refractivity contribution is 0.0929. The minimum atomic E-state index is -0.0268. The van der Waals surface area contributed by atoms with Gasteiger partial charge in [0.05, 0.1) is 0 Å². The van der Waals surface area contributed by atoms with Gasteiger partial charge in [-0.25, -0.2) is 4.98 Å². The first-order chi connectivity index (χ1) is 10.3. The van der Waals surface area contributed by atoms with E-state index >= 15 is 0 Å². The maximum Gasteiger partial charge on any atom is 0.268 e. The Kier molecular flexibility index (Phi) is 3.02. The van der Waals surface area contributed by atoms with Gasteiger partial charge >= 0.3 is 0 Å². The first-order valence-electron chi connectivity index (χ1n) is 7.72. The second-order valence-electron chi connectivity index (χ2n) is 5.89. The quantitative estimate of drug-likeness (QED) is 0.884. The van der Waals surface area contributed by atoms with Gasteiger partial charge in [-0.05, 0) is 18.9 Å². The Hall–Kier alpha value is -2.11. The lowest BCUT2D eigenvalue weighted by Crippen LogP contribution is -2.35. The number of rotatable bonds is 2. The molecule has 0 radical (unpaired) electrons. The molecule has 1 saturated carbocycles. The summed E-state index contributed by atoms with van der Waals surface area (Å²) < 4.78 is 1.99. The van der Waals surface area contributed by atoms with Gasteiger partial charge in [0.25, 0.3) is 5.91 Å². The van der Waals surface area contributed by atoms with Crippen LogP contribution in [-0.4, -0.2) is 33.0 Å². The van der Waals surface area contributed by atoms with Crippen LogP contribution in [0.5, 0.6) is 0 Å². The van der Waals surface area contributed by atoms with E-state index in [1.54, 1.807) is 0 Å². The second-order valence-corrected chi connectivity index (χ2v) is 5.89. The molecule has 1 aliphatic carbocycles. The van der Waals surface area contributed by atoms with Crippen molar-refractivity contribution in [3.05, 3.63) is 18.0 Å². The Morgan fingerprint density at radius 3 is 3.00 bits per heavy atom. The Labute approximate surface area is 123 Å². The third-order valence-electron chi connectivity index (χ3n) is 4.43. The minimum absolute atomic E-state index is 0.0268. The molecule has 1 fully saturated rings. The van der Waals surface area contributed by atoms with Crippen LogP contribution in [0, 0.1) is 0 Å². The number of carbonyl (C=O) groups is 1. The number of hydrogen-bond acceptors (Lipinski definition) is 4. The van der Waals surface area contributed by atoms with Gasteiger partial charge in [0, 0.05) is 30.7 Å². The van der Waals surface area contributed by atoms with Crippen molar-refractivity contribution in [1.29, 1.82) is 0 Å². The van der Waals surface area contributed by atoms with E-state index in [4.69, 9.17) is 0 Å². The standard InChI is InChI=1S/C15H19N5O/c21-14-12-8-10-9-17-15(18-11-4-2-1-3-5-11)19-13(10)20(12)7-6-16-14/h8-9,11H,1-7H2,(H,16,21)(H,17,18,19). The van der Waals surface area contributed by atoms with E-state index in [1.807, 2.05) is 16.8 Å². The summed E-state index contributed by atoms with van der Waals surface area (Å²) in [6, 6.07) is 2.35. The molecule has 1 aliphatic heterocycles. The van der Waals surface area contributed by atoms with Gasteiger partial charge < -0.3 is 15.2 Å². The number of carbonyl (C=O) groups excluding carboxylic acids is 1. The van der Waals surface area contributed by atoms with Gasteiger partial charge in [0.1, 0.15) is 11.3 Å².